The van der Waals surface area contributed by atoms with E-state index in [1.165, 1.54) is 6.21 Å². The average Bonchev–Trinajstić information content (AvgIpc) is 2.55. The molecule has 0 radical (unpaired) electrons. The van der Waals surface area contributed by atoms with Gasteiger partial charge in [-0.15, -0.1) is 0 Å². The van der Waals surface area contributed by atoms with Crippen LogP contribution < -0.4 is 10.2 Å². The number of hydrogen-bond acceptors (Lipinski definition) is 5. The van der Waals surface area contributed by atoms with E-state index in [1.54, 1.807) is 48.8 Å². The topological polar surface area (TPSA) is 87.4 Å². The van der Waals surface area contributed by atoms with Gasteiger partial charge in [-0.05, 0) is 42.0 Å². The maximum atomic E-state index is 11.7. The quantitative estimate of drug-likeness (QED) is 0.667. The summed E-state index contributed by atoms with van der Waals surface area (Å²) in [6.07, 6.45) is 4.60. The van der Waals surface area contributed by atoms with Gasteiger partial charge in [0, 0.05) is 18.0 Å². The van der Waals surface area contributed by atoms with E-state index >= 15 is 0 Å². The second-order valence-electron chi connectivity index (χ2n) is 3.95. The molecule has 0 unspecified atom stereocenters. The van der Waals surface area contributed by atoms with E-state index in [4.69, 9.17) is 10.00 Å². The minimum absolute atomic E-state index is 0.00935. The van der Waals surface area contributed by atoms with E-state index in [9.17, 15) is 4.79 Å². The van der Waals surface area contributed by atoms with Crippen LogP contribution in [0, 0.1) is 11.3 Å². The number of ether oxygens (including phenoxy) is 1. The van der Waals surface area contributed by atoms with E-state index in [2.05, 4.69) is 15.5 Å². The van der Waals surface area contributed by atoms with Crippen LogP contribution in [0.1, 0.15) is 15.9 Å². The first-order valence-electron chi connectivity index (χ1n) is 6.13. The first-order chi connectivity index (χ1) is 10.3. The monoisotopic (exact) mass is 280 g/mol. The fourth-order valence-electron chi connectivity index (χ4n) is 1.50. The fourth-order valence-corrected chi connectivity index (χ4v) is 1.50. The van der Waals surface area contributed by atoms with Gasteiger partial charge in [0.1, 0.15) is 11.8 Å². The minimum atomic E-state index is -0.303. The van der Waals surface area contributed by atoms with Crippen LogP contribution in [0.3, 0.4) is 0 Å². The van der Waals surface area contributed by atoms with Gasteiger partial charge in [-0.2, -0.15) is 10.4 Å². The molecule has 1 aromatic heterocycles. The molecule has 0 aliphatic heterocycles. The van der Waals surface area contributed by atoms with Crippen molar-refractivity contribution < 1.29 is 9.53 Å². The summed E-state index contributed by atoms with van der Waals surface area (Å²) in [5.74, 6) is 0.303. The lowest BCUT2D eigenvalue weighted by Gasteiger charge is -2.01. The minimum Gasteiger partial charge on any atom is -0.479 e. The van der Waals surface area contributed by atoms with Crippen LogP contribution >= 0.6 is 0 Å². The Morgan fingerprint density at radius 3 is 2.67 bits per heavy atom. The summed E-state index contributed by atoms with van der Waals surface area (Å²) < 4.78 is 5.13. The van der Waals surface area contributed by atoms with Gasteiger partial charge in [-0.3, -0.25) is 9.78 Å². The molecule has 0 aliphatic rings. The summed E-state index contributed by atoms with van der Waals surface area (Å²) in [6.45, 7) is 0.00935. The van der Waals surface area contributed by atoms with Crippen LogP contribution in [0.5, 0.6) is 5.75 Å². The molecule has 104 valence electrons. The lowest BCUT2D eigenvalue weighted by molar-refractivity contribution is 0.0955. The highest BCUT2D eigenvalue weighted by molar-refractivity contribution is 5.94. The Bertz CT molecular complexity index is 660. The number of nitriles is 1. The second-order valence-corrected chi connectivity index (χ2v) is 3.95. The van der Waals surface area contributed by atoms with Crippen molar-refractivity contribution in [2.24, 2.45) is 5.10 Å². The number of pyridine rings is 1. The third-order valence-corrected chi connectivity index (χ3v) is 2.51. The van der Waals surface area contributed by atoms with Crippen LogP contribution in [0.4, 0.5) is 0 Å². The maximum Gasteiger partial charge on any atom is 0.271 e. The SMILES string of the molecule is N#CCOc1ccc(/C=N\NC(=O)c2ccncc2)cc1. The van der Waals surface area contributed by atoms with E-state index in [1.807, 2.05) is 6.07 Å². The molecule has 6 heteroatoms. The fraction of sp³-hybridized carbons (Fsp3) is 0.0667. The van der Waals surface area contributed by atoms with Crippen LogP contribution in [0.25, 0.3) is 0 Å². The van der Waals surface area contributed by atoms with E-state index in [-0.39, 0.29) is 12.5 Å². The first kappa shape index (κ1) is 14.2. The van der Waals surface area contributed by atoms with Gasteiger partial charge in [0.2, 0.25) is 0 Å². The number of benzene rings is 1. The number of hydrogen-bond donors (Lipinski definition) is 1. The summed E-state index contributed by atoms with van der Waals surface area (Å²) in [5, 5.41) is 12.3. The highest BCUT2D eigenvalue weighted by Crippen LogP contribution is 2.10. The van der Waals surface area contributed by atoms with E-state index in [0.29, 0.717) is 11.3 Å². The van der Waals surface area contributed by atoms with Crippen molar-refractivity contribution in [2.75, 3.05) is 6.61 Å². The summed E-state index contributed by atoms with van der Waals surface area (Å²) in [6, 6.07) is 12.1. The van der Waals surface area contributed by atoms with E-state index < -0.39 is 0 Å². The number of nitrogens with zero attached hydrogens (tertiary/aromatic N) is 3. The summed E-state index contributed by atoms with van der Waals surface area (Å²) >= 11 is 0. The zero-order chi connectivity index (χ0) is 14.9. The molecule has 1 heterocycles. The van der Waals surface area contributed by atoms with Gasteiger partial charge in [0.15, 0.2) is 6.61 Å². The largest absolute Gasteiger partial charge is 0.479 e. The molecule has 0 spiro atoms. The summed E-state index contributed by atoms with van der Waals surface area (Å²) in [7, 11) is 0. The maximum absolute atomic E-state index is 11.7. The van der Waals surface area contributed by atoms with Crippen molar-refractivity contribution in [3.8, 4) is 11.8 Å². The lowest BCUT2D eigenvalue weighted by atomic mass is 10.2. The zero-order valence-corrected chi connectivity index (χ0v) is 11.1. The first-order valence-corrected chi connectivity index (χ1v) is 6.13. The van der Waals surface area contributed by atoms with Gasteiger partial charge >= 0.3 is 0 Å². The number of hydrazone groups is 1. The molecule has 0 fully saturated rings. The lowest BCUT2D eigenvalue weighted by Crippen LogP contribution is -2.17. The van der Waals surface area contributed by atoms with Crippen LogP contribution in [0.2, 0.25) is 0 Å². The molecule has 0 bridgehead atoms. The number of rotatable bonds is 5. The Labute approximate surface area is 121 Å². The third-order valence-electron chi connectivity index (χ3n) is 2.51. The molecule has 2 rings (SSSR count). The summed E-state index contributed by atoms with van der Waals surface area (Å²) in [4.78, 5) is 15.5. The van der Waals surface area contributed by atoms with Crippen molar-refractivity contribution >= 4 is 12.1 Å². The molecular weight excluding hydrogens is 268 g/mol. The van der Waals surface area contributed by atoms with E-state index in [0.717, 1.165) is 5.56 Å². The molecule has 2 aromatic rings. The molecule has 21 heavy (non-hydrogen) atoms. The molecule has 1 aromatic carbocycles. The van der Waals surface area contributed by atoms with Crippen molar-refractivity contribution in [2.45, 2.75) is 0 Å². The zero-order valence-electron chi connectivity index (χ0n) is 11.1. The van der Waals surface area contributed by atoms with Crippen molar-refractivity contribution in [3.63, 3.8) is 0 Å². The van der Waals surface area contributed by atoms with Gasteiger partial charge in [0.05, 0.1) is 6.21 Å². The Hall–Kier alpha value is -3.20. The standard InChI is InChI=1S/C15H12N4O2/c16-7-10-21-14-3-1-12(2-4-14)11-18-19-15(20)13-5-8-17-9-6-13/h1-6,8-9,11H,10H2,(H,19,20)/b18-11-. The highest BCUT2D eigenvalue weighted by atomic mass is 16.5. The van der Waals surface area contributed by atoms with Crippen molar-refractivity contribution in [3.05, 3.63) is 59.9 Å². The van der Waals surface area contributed by atoms with Crippen molar-refractivity contribution in [1.82, 2.24) is 10.4 Å². The Kier molecular flexibility index (Phi) is 5.01. The molecule has 0 aliphatic carbocycles. The van der Waals surface area contributed by atoms with Gasteiger partial charge < -0.3 is 4.74 Å². The number of nitrogens with one attached hydrogen (secondary N) is 1. The number of amides is 1. The predicted molar refractivity (Wildman–Crippen MR) is 76.8 cm³/mol. The molecule has 0 saturated carbocycles. The van der Waals surface area contributed by atoms with Crippen molar-refractivity contribution in [1.29, 1.82) is 5.26 Å². The van der Waals surface area contributed by atoms with Crippen LogP contribution in [-0.2, 0) is 0 Å². The predicted octanol–water partition coefficient (Wildman–Crippen LogP) is 1.75. The van der Waals surface area contributed by atoms with Crippen LogP contribution in [-0.4, -0.2) is 23.7 Å². The average molecular weight is 280 g/mol. The Balaban J connectivity index is 1.90. The normalized spacial score (nSPS) is 10.0. The van der Waals surface area contributed by atoms with Gasteiger partial charge in [-0.25, -0.2) is 5.43 Å². The molecule has 0 saturated heterocycles. The number of carbonyl (C=O) groups is 1. The molecule has 0 atom stereocenters. The summed E-state index contributed by atoms with van der Waals surface area (Å²) in [5.41, 5.74) is 3.71. The number of carbonyl (C=O) groups excluding carboxylic acids is 1. The Morgan fingerprint density at radius 1 is 1.29 bits per heavy atom. The number of aromatic nitrogens is 1. The molecule has 1 amide bonds. The molecule has 6 nitrogen and oxygen atoms in total. The smallest absolute Gasteiger partial charge is 0.271 e. The van der Waals surface area contributed by atoms with Gasteiger partial charge in [0.25, 0.3) is 5.91 Å². The third kappa shape index (κ3) is 4.44. The molecule has 1 N–H and O–H groups in total. The Morgan fingerprint density at radius 2 is 2.00 bits per heavy atom. The molecular formula is C15H12N4O2. The second kappa shape index (κ2) is 7.40. The van der Waals surface area contributed by atoms with Crippen LogP contribution in [0.15, 0.2) is 53.9 Å². The van der Waals surface area contributed by atoms with Gasteiger partial charge in [-0.1, -0.05) is 0 Å². The highest BCUT2D eigenvalue weighted by Gasteiger charge is 2.01.